The number of hydrazine groups is 1. The van der Waals surface area contributed by atoms with Crippen LogP contribution in [-0.2, 0) is 27.6 Å². The summed E-state index contributed by atoms with van der Waals surface area (Å²) in [5.74, 6) is 4.97. The number of aliphatic hydroxyl groups is 1. The average molecular weight is 528 g/mol. The molecule has 34 heavy (non-hydrogen) atoms. The molecular formula is C18H25N9O4S3. The Labute approximate surface area is 202 Å². The van der Waals surface area contributed by atoms with Gasteiger partial charge < -0.3 is 22.3 Å². The van der Waals surface area contributed by atoms with E-state index in [0.29, 0.717) is 21.7 Å². The smallest absolute Gasteiger partial charge is 0.240 e. The number of nitrogens with two attached hydrogens (primary N) is 5. The minimum absolute atomic E-state index is 0.0827. The van der Waals surface area contributed by atoms with Crippen LogP contribution in [0.15, 0.2) is 45.2 Å². The molecule has 2 aromatic carbocycles. The number of thiazole rings is 1. The maximum atomic E-state index is 13.0. The van der Waals surface area contributed by atoms with Gasteiger partial charge in [-0.1, -0.05) is 18.2 Å². The van der Waals surface area contributed by atoms with Crippen LogP contribution in [0.25, 0.3) is 21.3 Å². The van der Waals surface area contributed by atoms with Crippen molar-refractivity contribution in [3.63, 3.8) is 0 Å². The van der Waals surface area contributed by atoms with Crippen molar-refractivity contribution in [2.75, 3.05) is 13.1 Å². The first-order chi connectivity index (χ1) is 16.1. The Morgan fingerprint density at radius 1 is 1.24 bits per heavy atom. The lowest BCUT2D eigenvalue weighted by atomic mass is 9.98. The van der Waals surface area contributed by atoms with E-state index in [-0.39, 0.29) is 35.9 Å². The number of hydrazone groups is 1. The lowest BCUT2D eigenvalue weighted by molar-refractivity contribution is 0.187. The number of aromatic nitrogens is 1. The largest absolute Gasteiger partial charge is 0.390 e. The summed E-state index contributed by atoms with van der Waals surface area (Å²) in [6.07, 6.45) is -0.993. The van der Waals surface area contributed by atoms with E-state index in [1.165, 1.54) is 23.5 Å². The van der Waals surface area contributed by atoms with E-state index < -0.39 is 32.0 Å². The summed E-state index contributed by atoms with van der Waals surface area (Å²) in [4.78, 5) is 3.84. The van der Waals surface area contributed by atoms with Crippen LogP contribution in [0.3, 0.4) is 0 Å². The van der Waals surface area contributed by atoms with Gasteiger partial charge in [-0.05, 0) is 17.7 Å². The van der Waals surface area contributed by atoms with Gasteiger partial charge in [0.2, 0.25) is 10.0 Å². The second-order valence-corrected chi connectivity index (χ2v) is 10.8. The van der Waals surface area contributed by atoms with Gasteiger partial charge in [-0.15, -0.1) is 16.4 Å². The number of nitrogens with zero attached hydrogens (tertiary/aromatic N) is 2. The number of para-hydroxylation sites is 1. The maximum Gasteiger partial charge on any atom is 0.240 e. The summed E-state index contributed by atoms with van der Waals surface area (Å²) in [6, 6.07) is 8.23. The third-order valence-electron chi connectivity index (χ3n) is 4.70. The Morgan fingerprint density at radius 2 is 1.97 bits per heavy atom. The van der Waals surface area contributed by atoms with Crippen LogP contribution in [0.5, 0.6) is 0 Å². The fourth-order valence-corrected chi connectivity index (χ4v) is 6.49. The van der Waals surface area contributed by atoms with Crippen molar-refractivity contribution in [1.29, 1.82) is 0 Å². The Bertz CT molecular complexity index is 1360. The second kappa shape index (κ2) is 10.8. The monoisotopic (exact) mass is 527 g/mol. The van der Waals surface area contributed by atoms with E-state index in [1.54, 1.807) is 12.1 Å². The molecule has 1 unspecified atom stereocenters. The molecule has 2 atom stereocenters. The quantitative estimate of drug-likeness (QED) is 0.0628. The van der Waals surface area contributed by atoms with Crippen molar-refractivity contribution in [1.82, 2.24) is 15.2 Å². The number of hydrogen-bond acceptors (Lipinski definition) is 11. The standard InChI is InChI=1S/C18H25N9O4S3/c19-6-9(28)8-24-33(29)13-5-4-10(15(18(21)26-27-22)17(13)34(23,30)31)11-2-1-3-12-16(11)25-14(7-20)32-12/h1-5,9,24,27-28H,6-8,19-20,22H2,(H2,21,26)(H2,23,30,31)/t9-,33?/m0/s1. The highest BCUT2D eigenvalue weighted by atomic mass is 32.2. The fourth-order valence-electron chi connectivity index (χ4n) is 3.23. The molecule has 0 bridgehead atoms. The molecule has 0 fully saturated rings. The number of fused-ring (bicyclic) bond motifs is 1. The van der Waals surface area contributed by atoms with Crippen LogP contribution in [0, 0.1) is 0 Å². The lowest BCUT2D eigenvalue weighted by Crippen LogP contribution is -2.34. The molecule has 13 nitrogen and oxygen atoms in total. The number of primary sulfonamides is 1. The van der Waals surface area contributed by atoms with Crippen LogP contribution in [0.2, 0.25) is 0 Å². The number of rotatable bonds is 10. The third kappa shape index (κ3) is 5.40. The Balaban J connectivity index is 2.34. The molecular weight excluding hydrogens is 502 g/mol. The zero-order valence-corrected chi connectivity index (χ0v) is 20.2. The van der Waals surface area contributed by atoms with Gasteiger partial charge in [-0.3, -0.25) is 0 Å². The van der Waals surface area contributed by atoms with Gasteiger partial charge in [0.15, 0.2) is 5.84 Å². The zero-order valence-electron chi connectivity index (χ0n) is 17.8. The molecule has 3 aromatic rings. The predicted octanol–water partition coefficient (Wildman–Crippen LogP) is -1.92. The first kappa shape index (κ1) is 26.1. The van der Waals surface area contributed by atoms with Gasteiger partial charge in [0.05, 0.1) is 21.2 Å². The molecule has 1 aromatic heterocycles. The van der Waals surface area contributed by atoms with Crippen LogP contribution in [0.1, 0.15) is 10.6 Å². The highest BCUT2D eigenvalue weighted by molar-refractivity contribution is 7.90. The van der Waals surface area contributed by atoms with Crippen molar-refractivity contribution in [2.45, 2.75) is 22.4 Å². The Morgan fingerprint density at radius 3 is 2.59 bits per heavy atom. The minimum Gasteiger partial charge on any atom is -0.390 e. The van der Waals surface area contributed by atoms with Crippen LogP contribution in [-0.4, -0.2) is 47.7 Å². The van der Waals surface area contributed by atoms with Crippen molar-refractivity contribution in [2.24, 2.45) is 33.3 Å². The van der Waals surface area contributed by atoms with Gasteiger partial charge in [0.1, 0.15) is 20.9 Å². The topological polar surface area (TPSA) is 251 Å². The molecule has 3 rings (SSSR count). The Hall–Kier alpha value is -2.54. The van der Waals surface area contributed by atoms with Crippen molar-refractivity contribution in [3.8, 4) is 11.1 Å². The predicted molar refractivity (Wildman–Crippen MR) is 132 cm³/mol. The minimum atomic E-state index is -4.49. The molecule has 13 N–H and O–H groups in total. The van der Waals surface area contributed by atoms with E-state index in [4.69, 9.17) is 28.2 Å². The Kier molecular flexibility index (Phi) is 8.29. The highest BCUT2D eigenvalue weighted by Gasteiger charge is 2.29. The number of aliphatic hydroxyl groups excluding tert-OH is 1. The molecule has 0 aliphatic rings. The van der Waals surface area contributed by atoms with Crippen molar-refractivity contribution >= 4 is 48.4 Å². The summed E-state index contributed by atoms with van der Waals surface area (Å²) in [5, 5.41) is 19.6. The summed E-state index contributed by atoms with van der Waals surface area (Å²) in [5.41, 5.74) is 20.6. The lowest BCUT2D eigenvalue weighted by Gasteiger charge is -2.18. The molecule has 0 aliphatic heterocycles. The van der Waals surface area contributed by atoms with Crippen molar-refractivity contribution < 1.29 is 17.7 Å². The third-order valence-corrected chi connectivity index (χ3v) is 8.03. The van der Waals surface area contributed by atoms with Gasteiger partial charge in [0.25, 0.3) is 0 Å². The number of benzene rings is 2. The fraction of sp³-hybridized carbons (Fsp3) is 0.222. The zero-order chi connectivity index (χ0) is 25.0. The average Bonchev–Trinajstić information content (AvgIpc) is 3.24. The van der Waals surface area contributed by atoms with Crippen molar-refractivity contribution in [3.05, 3.63) is 40.9 Å². The van der Waals surface area contributed by atoms with Gasteiger partial charge >= 0.3 is 0 Å². The van der Waals surface area contributed by atoms with E-state index >= 15 is 0 Å². The molecule has 184 valence electrons. The number of sulfonamides is 1. The highest BCUT2D eigenvalue weighted by Crippen LogP contribution is 2.37. The molecule has 0 saturated carbocycles. The van der Waals surface area contributed by atoms with Crippen LogP contribution < -0.4 is 38.4 Å². The SMILES string of the molecule is NCc1nc2c(-c3ccc(S(=O)NC[C@@H](O)CN)c(S(N)(=O)=O)c3/C(N)=N/NN)cccc2s1. The van der Waals surface area contributed by atoms with Crippen LogP contribution >= 0.6 is 11.3 Å². The molecule has 0 spiro atoms. The van der Waals surface area contributed by atoms with E-state index in [1.807, 2.05) is 11.6 Å². The molecule has 0 amide bonds. The van der Waals surface area contributed by atoms with E-state index in [0.717, 1.165) is 4.70 Å². The molecule has 16 heteroatoms. The molecule has 0 aliphatic carbocycles. The normalized spacial score (nSPS) is 14.3. The van der Waals surface area contributed by atoms with Crippen LogP contribution in [0.4, 0.5) is 0 Å². The first-order valence-electron chi connectivity index (χ1n) is 9.73. The summed E-state index contributed by atoms with van der Waals surface area (Å²) < 4.78 is 41.8. The second-order valence-electron chi connectivity index (χ2n) is 6.96. The molecule has 0 radical (unpaired) electrons. The van der Waals surface area contributed by atoms with Gasteiger partial charge in [-0.25, -0.2) is 38.8 Å². The number of nitrogens with one attached hydrogen (secondary N) is 2. The summed E-state index contributed by atoms with van der Waals surface area (Å²) in [6.45, 7) is -0.00811. The summed E-state index contributed by atoms with van der Waals surface area (Å²) >= 11 is 1.39. The van der Waals surface area contributed by atoms with Gasteiger partial charge in [0, 0.05) is 30.8 Å². The van der Waals surface area contributed by atoms with Gasteiger partial charge in [-0.2, -0.15) is 0 Å². The number of hydrogen-bond donors (Lipinski definition) is 8. The van der Waals surface area contributed by atoms with E-state index in [9.17, 15) is 17.7 Å². The summed E-state index contributed by atoms with van der Waals surface area (Å²) in [7, 11) is -6.59. The van der Waals surface area contributed by atoms with E-state index in [2.05, 4.69) is 14.8 Å². The first-order valence-corrected chi connectivity index (χ1v) is 13.2. The maximum absolute atomic E-state index is 13.0. The molecule has 0 saturated heterocycles. The number of amidine groups is 1. The molecule has 1 heterocycles.